The molecule has 0 amide bonds. The van der Waals surface area contributed by atoms with Crippen molar-refractivity contribution in [3.63, 3.8) is 0 Å². The summed E-state index contributed by atoms with van der Waals surface area (Å²) in [4.78, 5) is 0. The number of aliphatic hydroxyl groups excluding tert-OH is 1. The summed E-state index contributed by atoms with van der Waals surface area (Å²) in [5, 5.41) is 10.3. The van der Waals surface area contributed by atoms with E-state index in [0.717, 1.165) is 6.07 Å². The first kappa shape index (κ1) is 14.8. The van der Waals surface area contributed by atoms with E-state index in [0.29, 0.717) is 12.1 Å². The lowest BCUT2D eigenvalue weighted by Crippen LogP contribution is -2.09. The Morgan fingerprint density at radius 2 is 1.70 bits per heavy atom. The van der Waals surface area contributed by atoms with Gasteiger partial charge in [-0.3, -0.25) is 0 Å². The van der Waals surface area contributed by atoms with Crippen LogP contribution in [0.2, 0.25) is 5.02 Å². The molecule has 0 spiro atoms. The maximum absolute atomic E-state index is 13.3. The fourth-order valence-corrected chi connectivity index (χ4v) is 2.05. The van der Waals surface area contributed by atoms with Crippen molar-refractivity contribution in [1.29, 1.82) is 0 Å². The molecule has 0 aliphatic carbocycles. The largest absolute Gasteiger partial charge is 0.416 e. The third-order valence-electron chi connectivity index (χ3n) is 2.76. The number of hydrogen-bond acceptors (Lipinski definition) is 1. The molecule has 1 N–H and O–H groups in total. The van der Waals surface area contributed by atoms with Crippen molar-refractivity contribution in [2.45, 2.75) is 12.3 Å². The van der Waals surface area contributed by atoms with E-state index < -0.39 is 23.7 Å². The van der Waals surface area contributed by atoms with E-state index in [1.807, 2.05) is 0 Å². The van der Waals surface area contributed by atoms with Gasteiger partial charge in [-0.2, -0.15) is 13.2 Å². The number of benzene rings is 2. The topological polar surface area (TPSA) is 20.2 Å². The van der Waals surface area contributed by atoms with Crippen molar-refractivity contribution in [1.82, 2.24) is 0 Å². The van der Waals surface area contributed by atoms with Gasteiger partial charge in [-0.1, -0.05) is 29.8 Å². The van der Waals surface area contributed by atoms with Gasteiger partial charge < -0.3 is 5.11 Å². The van der Waals surface area contributed by atoms with Crippen molar-refractivity contribution >= 4 is 11.6 Å². The SMILES string of the molecule is OC(c1cc(F)cc(C(F)(F)F)c1)c1ccccc1Cl. The molecule has 0 aliphatic heterocycles. The van der Waals surface area contributed by atoms with E-state index in [1.165, 1.54) is 12.1 Å². The summed E-state index contributed by atoms with van der Waals surface area (Å²) in [6.45, 7) is 0. The summed E-state index contributed by atoms with van der Waals surface area (Å²) < 4.78 is 51.1. The first-order valence-corrected chi connectivity index (χ1v) is 5.97. The summed E-state index contributed by atoms with van der Waals surface area (Å²) in [5.74, 6) is -1.07. The Bertz CT molecular complexity index is 625. The van der Waals surface area contributed by atoms with Crippen molar-refractivity contribution in [2.24, 2.45) is 0 Å². The lowest BCUT2D eigenvalue weighted by molar-refractivity contribution is -0.137. The van der Waals surface area contributed by atoms with Crippen LogP contribution in [0.5, 0.6) is 0 Å². The summed E-state index contributed by atoms with van der Waals surface area (Å²) in [7, 11) is 0. The van der Waals surface area contributed by atoms with E-state index in [1.54, 1.807) is 12.1 Å². The van der Waals surface area contributed by atoms with Gasteiger partial charge in [0.15, 0.2) is 0 Å². The Balaban J connectivity index is 2.48. The summed E-state index contributed by atoms with van der Waals surface area (Å²) in [5.41, 5.74) is -1.14. The predicted molar refractivity (Wildman–Crippen MR) is 66.9 cm³/mol. The zero-order valence-corrected chi connectivity index (χ0v) is 10.7. The van der Waals surface area contributed by atoms with Crippen LogP contribution in [0.3, 0.4) is 0 Å². The predicted octanol–water partition coefficient (Wildman–Crippen LogP) is 4.58. The van der Waals surface area contributed by atoms with E-state index in [9.17, 15) is 22.7 Å². The van der Waals surface area contributed by atoms with Gasteiger partial charge in [-0.05, 0) is 29.8 Å². The molecule has 2 rings (SSSR count). The van der Waals surface area contributed by atoms with Crippen molar-refractivity contribution in [3.8, 4) is 0 Å². The van der Waals surface area contributed by atoms with Gasteiger partial charge in [0.25, 0.3) is 0 Å². The molecule has 0 saturated carbocycles. The summed E-state index contributed by atoms with van der Waals surface area (Å²) in [6.07, 6.45) is -6.11. The highest BCUT2D eigenvalue weighted by Gasteiger charge is 2.32. The average molecular weight is 305 g/mol. The number of rotatable bonds is 2. The van der Waals surface area contributed by atoms with Crippen LogP contribution in [-0.4, -0.2) is 5.11 Å². The molecule has 0 aromatic heterocycles. The molecule has 0 saturated heterocycles. The molecule has 1 unspecified atom stereocenters. The zero-order valence-electron chi connectivity index (χ0n) is 9.96. The lowest BCUT2D eigenvalue weighted by atomic mass is 9.99. The Hall–Kier alpha value is -1.59. The molecule has 2 aromatic carbocycles. The molecule has 20 heavy (non-hydrogen) atoms. The maximum atomic E-state index is 13.3. The van der Waals surface area contributed by atoms with Gasteiger partial charge in [0.05, 0.1) is 5.56 Å². The minimum absolute atomic E-state index is 0.192. The van der Waals surface area contributed by atoms with E-state index in [4.69, 9.17) is 11.6 Å². The molecule has 1 nitrogen and oxygen atoms in total. The first-order chi connectivity index (χ1) is 9.29. The van der Waals surface area contributed by atoms with Crippen LogP contribution in [0.1, 0.15) is 22.8 Å². The second kappa shape index (κ2) is 5.42. The number of aliphatic hydroxyl groups is 1. The molecule has 106 valence electrons. The van der Waals surface area contributed by atoms with Gasteiger partial charge in [-0.25, -0.2) is 4.39 Å². The highest BCUT2D eigenvalue weighted by molar-refractivity contribution is 6.31. The third kappa shape index (κ3) is 3.11. The summed E-state index contributed by atoms with van der Waals surface area (Å²) >= 11 is 5.86. The first-order valence-electron chi connectivity index (χ1n) is 5.59. The molecule has 0 fully saturated rings. The van der Waals surface area contributed by atoms with E-state index in [-0.39, 0.29) is 16.1 Å². The van der Waals surface area contributed by atoms with E-state index in [2.05, 4.69) is 0 Å². The third-order valence-corrected chi connectivity index (χ3v) is 3.11. The molecule has 0 aliphatic rings. The van der Waals surface area contributed by atoms with Crippen molar-refractivity contribution in [2.75, 3.05) is 0 Å². The maximum Gasteiger partial charge on any atom is 0.416 e. The number of halogens is 5. The molecule has 0 radical (unpaired) electrons. The number of alkyl halides is 3. The Morgan fingerprint density at radius 3 is 2.30 bits per heavy atom. The smallest absolute Gasteiger partial charge is 0.384 e. The van der Waals surface area contributed by atoms with Crippen LogP contribution in [0.15, 0.2) is 42.5 Å². The highest BCUT2D eigenvalue weighted by atomic mass is 35.5. The minimum atomic E-state index is -4.68. The lowest BCUT2D eigenvalue weighted by Gasteiger charge is -2.15. The van der Waals surface area contributed by atoms with Crippen LogP contribution in [0, 0.1) is 5.82 Å². The molecular weight excluding hydrogens is 296 g/mol. The van der Waals surface area contributed by atoms with Crippen molar-refractivity contribution < 1.29 is 22.7 Å². The Labute approximate surface area is 117 Å². The highest BCUT2D eigenvalue weighted by Crippen LogP contribution is 2.34. The molecule has 6 heteroatoms. The fourth-order valence-electron chi connectivity index (χ4n) is 1.81. The second-order valence-electron chi connectivity index (χ2n) is 4.20. The monoisotopic (exact) mass is 304 g/mol. The molecule has 0 bridgehead atoms. The zero-order chi connectivity index (χ0) is 14.9. The Kier molecular flexibility index (Phi) is 4.01. The van der Waals surface area contributed by atoms with Crippen LogP contribution in [0.25, 0.3) is 0 Å². The van der Waals surface area contributed by atoms with Gasteiger partial charge >= 0.3 is 6.18 Å². The standard InChI is InChI=1S/C14H9ClF4O/c15-12-4-2-1-3-11(12)13(20)8-5-9(14(17,18)19)7-10(16)6-8/h1-7,13,20H. The van der Waals surface area contributed by atoms with E-state index >= 15 is 0 Å². The van der Waals surface area contributed by atoms with Crippen LogP contribution in [-0.2, 0) is 6.18 Å². The summed E-state index contributed by atoms with van der Waals surface area (Å²) in [6, 6.07) is 8.08. The quantitative estimate of drug-likeness (QED) is 0.805. The van der Waals surface area contributed by atoms with Gasteiger partial charge in [0, 0.05) is 10.6 Å². The van der Waals surface area contributed by atoms with Gasteiger partial charge in [0.2, 0.25) is 0 Å². The molecule has 1 atom stereocenters. The fraction of sp³-hybridized carbons (Fsp3) is 0.143. The molecule has 0 heterocycles. The van der Waals surface area contributed by atoms with Gasteiger partial charge in [-0.15, -0.1) is 0 Å². The van der Waals surface area contributed by atoms with Crippen LogP contribution in [0.4, 0.5) is 17.6 Å². The number of hydrogen-bond donors (Lipinski definition) is 1. The second-order valence-corrected chi connectivity index (χ2v) is 4.60. The minimum Gasteiger partial charge on any atom is -0.384 e. The van der Waals surface area contributed by atoms with Crippen LogP contribution < -0.4 is 0 Å². The van der Waals surface area contributed by atoms with Crippen molar-refractivity contribution in [3.05, 3.63) is 70.0 Å². The average Bonchev–Trinajstić information content (AvgIpc) is 2.37. The van der Waals surface area contributed by atoms with Gasteiger partial charge in [0.1, 0.15) is 11.9 Å². The normalized spacial score (nSPS) is 13.3. The molecular formula is C14H9ClF4O. The van der Waals surface area contributed by atoms with Crippen LogP contribution >= 0.6 is 11.6 Å². The molecule has 2 aromatic rings. The Morgan fingerprint density at radius 1 is 1.05 bits per heavy atom.